The third-order valence-electron chi connectivity index (χ3n) is 4.65. The highest BCUT2D eigenvalue weighted by Gasteiger charge is 2.17. The van der Waals surface area contributed by atoms with E-state index in [1.54, 1.807) is 6.33 Å². The molecular formula is C23H28N4O2. The number of rotatable bonds is 9. The van der Waals surface area contributed by atoms with Crippen molar-refractivity contribution in [3.63, 3.8) is 0 Å². The minimum Gasteiger partial charge on any atom is -0.489 e. The maximum absolute atomic E-state index is 12.3. The van der Waals surface area contributed by atoms with Crippen molar-refractivity contribution < 1.29 is 9.53 Å². The van der Waals surface area contributed by atoms with Crippen molar-refractivity contribution in [2.24, 2.45) is 5.73 Å². The maximum atomic E-state index is 12.3. The van der Waals surface area contributed by atoms with Crippen LogP contribution in [0.3, 0.4) is 0 Å². The summed E-state index contributed by atoms with van der Waals surface area (Å²) >= 11 is 0. The molecule has 6 nitrogen and oxygen atoms in total. The number of aryl methyl sites for hydroxylation is 1. The Morgan fingerprint density at radius 2 is 1.90 bits per heavy atom. The van der Waals surface area contributed by atoms with Crippen LogP contribution < -0.4 is 15.8 Å². The van der Waals surface area contributed by atoms with Gasteiger partial charge in [-0.25, -0.2) is 4.98 Å². The van der Waals surface area contributed by atoms with Gasteiger partial charge in [-0.2, -0.15) is 0 Å². The molecule has 3 rings (SSSR count). The topological polar surface area (TPSA) is 82.2 Å². The molecule has 0 saturated heterocycles. The number of nitrogens with one attached hydrogen (secondary N) is 1. The quantitative estimate of drug-likeness (QED) is 0.587. The Kier molecular flexibility index (Phi) is 7.03. The first kappa shape index (κ1) is 20.6. The van der Waals surface area contributed by atoms with E-state index >= 15 is 0 Å². The molecule has 2 aromatic carbocycles. The molecule has 6 heteroatoms. The zero-order valence-electron chi connectivity index (χ0n) is 16.9. The van der Waals surface area contributed by atoms with Crippen LogP contribution in [0.5, 0.6) is 5.75 Å². The number of hydrogen-bond acceptors (Lipinski definition) is 4. The fourth-order valence-corrected chi connectivity index (χ4v) is 3.03. The van der Waals surface area contributed by atoms with Crippen LogP contribution in [0.4, 0.5) is 0 Å². The van der Waals surface area contributed by atoms with Gasteiger partial charge in [-0.15, -0.1) is 0 Å². The van der Waals surface area contributed by atoms with E-state index in [0.29, 0.717) is 13.0 Å². The third-order valence-corrected chi connectivity index (χ3v) is 4.65. The van der Waals surface area contributed by atoms with Crippen LogP contribution in [0.2, 0.25) is 0 Å². The number of ether oxygens (including phenoxy) is 1. The largest absolute Gasteiger partial charge is 0.489 e. The minimum atomic E-state index is -0.652. The highest BCUT2D eigenvalue weighted by molar-refractivity contribution is 5.81. The number of benzene rings is 2. The summed E-state index contributed by atoms with van der Waals surface area (Å²) in [6.45, 7) is 5.04. The number of imidazole rings is 1. The van der Waals surface area contributed by atoms with Crippen molar-refractivity contribution in [3.8, 4) is 5.75 Å². The van der Waals surface area contributed by atoms with E-state index < -0.39 is 6.04 Å². The standard InChI is InChI=1S/C23H28N4O2/c1-17-8-6-7-11-22(17)29-18(2)13-25-23(28)21(24)12-20-15-27(16-26-20)14-19-9-4-3-5-10-19/h3-11,15-16,18,21H,12-14,24H2,1-2H3,(H,25,28)/t18?,21-/m0/s1. The maximum Gasteiger partial charge on any atom is 0.237 e. The average Bonchev–Trinajstić information content (AvgIpc) is 3.15. The van der Waals surface area contributed by atoms with Crippen LogP contribution in [0.15, 0.2) is 67.1 Å². The molecule has 0 bridgehead atoms. The Morgan fingerprint density at radius 3 is 2.66 bits per heavy atom. The normalized spacial score (nSPS) is 12.9. The lowest BCUT2D eigenvalue weighted by atomic mass is 10.1. The van der Waals surface area contributed by atoms with Crippen molar-refractivity contribution in [2.45, 2.75) is 39.0 Å². The molecule has 3 aromatic rings. The highest BCUT2D eigenvalue weighted by Crippen LogP contribution is 2.17. The van der Waals surface area contributed by atoms with E-state index in [0.717, 1.165) is 23.6 Å². The summed E-state index contributed by atoms with van der Waals surface area (Å²) in [6, 6.07) is 17.3. The van der Waals surface area contributed by atoms with Gasteiger partial charge in [0.05, 0.1) is 24.6 Å². The lowest BCUT2D eigenvalue weighted by molar-refractivity contribution is -0.122. The Labute approximate surface area is 171 Å². The first-order chi connectivity index (χ1) is 14.0. The van der Waals surface area contributed by atoms with Gasteiger partial charge < -0.3 is 20.4 Å². The molecule has 2 atom stereocenters. The van der Waals surface area contributed by atoms with Gasteiger partial charge in [0.15, 0.2) is 0 Å². The number of nitrogens with zero attached hydrogens (tertiary/aromatic N) is 2. The third kappa shape index (κ3) is 6.19. The van der Waals surface area contributed by atoms with E-state index in [4.69, 9.17) is 10.5 Å². The zero-order valence-corrected chi connectivity index (χ0v) is 16.9. The van der Waals surface area contributed by atoms with Crippen LogP contribution >= 0.6 is 0 Å². The molecule has 0 aliphatic carbocycles. The highest BCUT2D eigenvalue weighted by atomic mass is 16.5. The molecule has 0 saturated carbocycles. The lowest BCUT2D eigenvalue weighted by Crippen LogP contribution is -2.45. The lowest BCUT2D eigenvalue weighted by Gasteiger charge is -2.18. The number of hydrogen-bond donors (Lipinski definition) is 2. The SMILES string of the molecule is Cc1ccccc1OC(C)CNC(=O)[C@@H](N)Cc1cn(Cc2ccccc2)cn1. The molecule has 0 aliphatic heterocycles. The van der Waals surface area contributed by atoms with Crippen molar-refractivity contribution in [2.75, 3.05) is 6.54 Å². The molecule has 1 aromatic heterocycles. The van der Waals surface area contributed by atoms with Crippen molar-refractivity contribution in [1.29, 1.82) is 0 Å². The predicted molar refractivity (Wildman–Crippen MR) is 114 cm³/mol. The second kappa shape index (κ2) is 9.89. The van der Waals surface area contributed by atoms with Crippen molar-refractivity contribution >= 4 is 5.91 Å². The van der Waals surface area contributed by atoms with E-state index in [2.05, 4.69) is 22.4 Å². The summed E-state index contributed by atoms with van der Waals surface area (Å²) in [5.41, 5.74) is 9.13. The summed E-state index contributed by atoms with van der Waals surface area (Å²) in [5.74, 6) is 0.616. The Hall–Kier alpha value is -3.12. The van der Waals surface area contributed by atoms with E-state index in [1.165, 1.54) is 5.56 Å². The minimum absolute atomic E-state index is 0.155. The van der Waals surface area contributed by atoms with Crippen LogP contribution in [0.25, 0.3) is 0 Å². The monoisotopic (exact) mass is 392 g/mol. The summed E-state index contributed by atoms with van der Waals surface area (Å²) < 4.78 is 7.88. The molecule has 3 N–H and O–H groups in total. The average molecular weight is 393 g/mol. The molecule has 1 amide bonds. The number of nitrogens with two attached hydrogens (primary N) is 1. The summed E-state index contributed by atoms with van der Waals surface area (Å²) in [4.78, 5) is 16.7. The Balaban J connectivity index is 1.45. The Bertz CT molecular complexity index is 923. The molecule has 0 fully saturated rings. The van der Waals surface area contributed by atoms with Gasteiger partial charge in [-0.05, 0) is 31.0 Å². The van der Waals surface area contributed by atoms with Gasteiger partial charge in [0.25, 0.3) is 0 Å². The summed E-state index contributed by atoms with van der Waals surface area (Å²) in [6.07, 6.45) is 3.94. The number of aromatic nitrogens is 2. The second-order valence-corrected chi connectivity index (χ2v) is 7.27. The molecule has 0 aliphatic rings. The molecule has 0 radical (unpaired) electrons. The zero-order chi connectivity index (χ0) is 20.6. The van der Waals surface area contributed by atoms with Gasteiger partial charge in [-0.3, -0.25) is 4.79 Å². The smallest absolute Gasteiger partial charge is 0.237 e. The van der Waals surface area contributed by atoms with Crippen LogP contribution in [0.1, 0.15) is 23.7 Å². The molecular weight excluding hydrogens is 364 g/mol. The predicted octanol–water partition coefficient (Wildman–Crippen LogP) is 2.69. The molecule has 1 unspecified atom stereocenters. The first-order valence-electron chi connectivity index (χ1n) is 9.81. The van der Waals surface area contributed by atoms with Gasteiger partial charge >= 0.3 is 0 Å². The van der Waals surface area contributed by atoms with Crippen LogP contribution in [-0.4, -0.2) is 34.1 Å². The van der Waals surface area contributed by atoms with Crippen molar-refractivity contribution in [1.82, 2.24) is 14.9 Å². The number of carbonyl (C=O) groups excluding carboxylic acids is 1. The summed E-state index contributed by atoms with van der Waals surface area (Å²) in [5, 5.41) is 2.87. The molecule has 1 heterocycles. The van der Waals surface area contributed by atoms with Crippen LogP contribution in [-0.2, 0) is 17.8 Å². The number of carbonyl (C=O) groups is 1. The Morgan fingerprint density at radius 1 is 1.17 bits per heavy atom. The number of para-hydroxylation sites is 1. The van der Waals surface area contributed by atoms with E-state index in [1.807, 2.05) is 67.1 Å². The number of amides is 1. The molecule has 0 spiro atoms. The van der Waals surface area contributed by atoms with Crippen molar-refractivity contribution in [3.05, 3.63) is 83.9 Å². The fraction of sp³-hybridized carbons (Fsp3) is 0.304. The van der Waals surface area contributed by atoms with Gasteiger partial charge in [0, 0.05) is 19.2 Å². The molecule has 152 valence electrons. The van der Waals surface area contributed by atoms with E-state index in [-0.39, 0.29) is 12.0 Å². The summed E-state index contributed by atoms with van der Waals surface area (Å²) in [7, 11) is 0. The van der Waals surface area contributed by atoms with Gasteiger partial charge in [0.2, 0.25) is 5.91 Å². The first-order valence-corrected chi connectivity index (χ1v) is 9.81. The second-order valence-electron chi connectivity index (χ2n) is 7.27. The van der Waals surface area contributed by atoms with Gasteiger partial charge in [-0.1, -0.05) is 48.5 Å². The van der Waals surface area contributed by atoms with Crippen LogP contribution in [0, 0.1) is 6.92 Å². The van der Waals surface area contributed by atoms with Gasteiger partial charge in [0.1, 0.15) is 11.9 Å². The molecule has 29 heavy (non-hydrogen) atoms. The fourth-order valence-electron chi connectivity index (χ4n) is 3.03. The van der Waals surface area contributed by atoms with E-state index in [9.17, 15) is 4.79 Å².